The van der Waals surface area contributed by atoms with Gasteiger partial charge in [0, 0.05) is 17.1 Å². The minimum absolute atomic E-state index is 0.446. The summed E-state index contributed by atoms with van der Waals surface area (Å²) in [7, 11) is 0. The van der Waals surface area contributed by atoms with Crippen molar-refractivity contribution in [1.29, 1.82) is 5.26 Å². The summed E-state index contributed by atoms with van der Waals surface area (Å²) in [4.78, 5) is 2.43. The summed E-state index contributed by atoms with van der Waals surface area (Å²) in [6.07, 6.45) is 2.56. The van der Waals surface area contributed by atoms with Gasteiger partial charge in [-0.05, 0) is 79.8 Å². The fourth-order valence-electron chi connectivity index (χ4n) is 2.75. The van der Waals surface area contributed by atoms with Gasteiger partial charge in [-0.25, -0.2) is 0 Å². The summed E-state index contributed by atoms with van der Waals surface area (Å²) in [6.45, 7) is 7.77. The molecule has 1 aromatic carbocycles. The number of anilines is 1. The van der Waals surface area contributed by atoms with E-state index in [4.69, 9.17) is 5.26 Å². The van der Waals surface area contributed by atoms with Crippen LogP contribution in [-0.4, -0.2) is 25.7 Å². The molecule has 1 unspecified atom stereocenters. The molecule has 0 aliphatic carbocycles. The highest BCUT2D eigenvalue weighted by molar-refractivity contribution is 9.10. The van der Waals surface area contributed by atoms with Crippen LogP contribution in [0.3, 0.4) is 0 Å². The lowest BCUT2D eigenvalue weighted by Crippen LogP contribution is -2.41. The molecule has 1 atom stereocenters. The lowest BCUT2D eigenvalue weighted by Gasteiger charge is -2.35. The Kier molecular flexibility index (Phi) is 5.45. The lowest BCUT2D eigenvalue weighted by molar-refractivity contribution is 0.371. The molecule has 0 radical (unpaired) electrons. The zero-order valence-corrected chi connectivity index (χ0v) is 13.8. The van der Waals surface area contributed by atoms with Crippen molar-refractivity contribution in [2.24, 2.45) is 5.92 Å². The topological polar surface area (TPSA) is 39.1 Å². The third-order valence-corrected chi connectivity index (χ3v) is 4.50. The number of nitrogens with one attached hydrogen (secondary N) is 1. The van der Waals surface area contributed by atoms with Crippen molar-refractivity contribution >= 4 is 21.6 Å². The number of rotatable bonds is 4. The fraction of sp³-hybridized carbons (Fsp3) is 0.562. The summed E-state index contributed by atoms with van der Waals surface area (Å²) in [5, 5.41) is 12.5. The molecule has 20 heavy (non-hydrogen) atoms. The van der Waals surface area contributed by atoms with Crippen molar-refractivity contribution in [3.8, 4) is 6.07 Å². The quantitative estimate of drug-likeness (QED) is 0.914. The molecule has 0 saturated carbocycles. The highest BCUT2D eigenvalue weighted by Crippen LogP contribution is 2.30. The smallest absolute Gasteiger partial charge is 0.0992 e. The van der Waals surface area contributed by atoms with Crippen LogP contribution in [0, 0.1) is 17.2 Å². The Hall–Kier alpha value is -1.05. The first-order valence-corrected chi connectivity index (χ1v) is 8.08. The van der Waals surface area contributed by atoms with Crippen molar-refractivity contribution in [3.05, 3.63) is 28.2 Å². The zero-order valence-electron chi connectivity index (χ0n) is 12.2. The number of halogens is 1. The van der Waals surface area contributed by atoms with Gasteiger partial charge >= 0.3 is 0 Å². The second kappa shape index (κ2) is 7.10. The molecule has 108 valence electrons. The summed E-state index contributed by atoms with van der Waals surface area (Å²) in [6, 6.07) is 8.49. The van der Waals surface area contributed by atoms with Crippen molar-refractivity contribution in [3.63, 3.8) is 0 Å². The third kappa shape index (κ3) is 3.74. The molecule has 1 aliphatic rings. The van der Waals surface area contributed by atoms with Crippen LogP contribution in [0.4, 0.5) is 5.69 Å². The van der Waals surface area contributed by atoms with Gasteiger partial charge in [-0.2, -0.15) is 5.26 Å². The summed E-state index contributed by atoms with van der Waals surface area (Å²) < 4.78 is 1.01. The highest BCUT2D eigenvalue weighted by Gasteiger charge is 2.20. The Balaban J connectivity index is 2.17. The van der Waals surface area contributed by atoms with Crippen LogP contribution in [-0.2, 0) is 0 Å². The van der Waals surface area contributed by atoms with Crippen LogP contribution in [0.25, 0.3) is 0 Å². The standard InChI is InChI=1S/C16H22BrN3/c1-12(2)20(11-14-4-3-7-19-10-14)16-6-5-13(9-18)8-15(16)17/h5-6,8,12,14,19H,3-4,7,10-11H2,1-2H3. The van der Waals surface area contributed by atoms with Gasteiger partial charge in [-0.3, -0.25) is 0 Å². The second-order valence-corrected chi connectivity index (χ2v) is 6.59. The largest absolute Gasteiger partial charge is 0.368 e. The van der Waals surface area contributed by atoms with Crippen LogP contribution >= 0.6 is 15.9 Å². The Labute approximate surface area is 130 Å². The molecule has 1 N–H and O–H groups in total. The Morgan fingerprint density at radius 2 is 2.30 bits per heavy atom. The minimum atomic E-state index is 0.446. The van der Waals surface area contributed by atoms with Gasteiger partial charge in [0.15, 0.2) is 0 Å². The third-order valence-electron chi connectivity index (χ3n) is 3.86. The molecule has 1 aliphatic heterocycles. The van der Waals surface area contributed by atoms with Crippen LogP contribution < -0.4 is 10.2 Å². The van der Waals surface area contributed by atoms with Gasteiger partial charge in [0.05, 0.1) is 17.3 Å². The zero-order chi connectivity index (χ0) is 14.5. The van der Waals surface area contributed by atoms with Crippen LogP contribution in [0.5, 0.6) is 0 Å². The molecule has 1 saturated heterocycles. The average Bonchev–Trinajstić information content (AvgIpc) is 2.46. The molecular formula is C16H22BrN3. The van der Waals surface area contributed by atoms with Gasteiger partial charge in [-0.15, -0.1) is 0 Å². The summed E-state index contributed by atoms with van der Waals surface area (Å²) >= 11 is 3.61. The molecule has 0 aromatic heterocycles. The van der Waals surface area contributed by atoms with E-state index in [9.17, 15) is 0 Å². The van der Waals surface area contributed by atoms with E-state index >= 15 is 0 Å². The predicted molar refractivity (Wildman–Crippen MR) is 86.9 cm³/mol. The maximum Gasteiger partial charge on any atom is 0.0992 e. The second-order valence-electron chi connectivity index (χ2n) is 5.74. The van der Waals surface area contributed by atoms with E-state index in [1.165, 1.54) is 18.5 Å². The molecule has 4 heteroatoms. The number of hydrogen-bond acceptors (Lipinski definition) is 3. The van der Waals surface area contributed by atoms with Crippen molar-refractivity contribution in [1.82, 2.24) is 5.32 Å². The van der Waals surface area contributed by atoms with Crippen molar-refractivity contribution in [2.45, 2.75) is 32.7 Å². The van der Waals surface area contributed by atoms with E-state index in [0.717, 1.165) is 24.1 Å². The molecule has 0 spiro atoms. The number of hydrogen-bond donors (Lipinski definition) is 1. The summed E-state index contributed by atoms with van der Waals surface area (Å²) in [5.74, 6) is 0.702. The molecule has 1 heterocycles. The Bertz CT molecular complexity index is 487. The summed E-state index contributed by atoms with van der Waals surface area (Å²) in [5.41, 5.74) is 1.88. The van der Waals surface area contributed by atoms with Crippen LogP contribution in [0.1, 0.15) is 32.3 Å². The van der Waals surface area contributed by atoms with Crippen molar-refractivity contribution < 1.29 is 0 Å². The first kappa shape index (κ1) is 15.3. The fourth-order valence-corrected chi connectivity index (χ4v) is 3.36. The maximum absolute atomic E-state index is 8.97. The number of piperidine rings is 1. The van der Waals surface area contributed by atoms with Gasteiger partial charge in [0.25, 0.3) is 0 Å². The van der Waals surface area contributed by atoms with Crippen molar-refractivity contribution in [2.75, 3.05) is 24.5 Å². The number of nitrogens with zero attached hydrogens (tertiary/aromatic N) is 2. The monoisotopic (exact) mass is 335 g/mol. The lowest BCUT2D eigenvalue weighted by atomic mass is 9.98. The molecule has 1 aromatic rings. The van der Waals surface area contributed by atoms with Crippen LogP contribution in [0.2, 0.25) is 0 Å². The highest BCUT2D eigenvalue weighted by atomic mass is 79.9. The van der Waals surface area contributed by atoms with Gasteiger partial charge in [-0.1, -0.05) is 0 Å². The Morgan fingerprint density at radius 3 is 2.85 bits per heavy atom. The Morgan fingerprint density at radius 1 is 1.50 bits per heavy atom. The van der Waals surface area contributed by atoms with E-state index < -0.39 is 0 Å². The minimum Gasteiger partial charge on any atom is -0.368 e. The van der Waals surface area contributed by atoms with Gasteiger partial charge < -0.3 is 10.2 Å². The molecule has 2 rings (SSSR count). The van der Waals surface area contributed by atoms with Crippen LogP contribution in [0.15, 0.2) is 22.7 Å². The predicted octanol–water partition coefficient (Wildman–Crippen LogP) is 3.54. The molecule has 0 bridgehead atoms. The molecule has 3 nitrogen and oxygen atoms in total. The maximum atomic E-state index is 8.97. The van der Waals surface area contributed by atoms with E-state index in [2.05, 4.69) is 52.1 Å². The molecular weight excluding hydrogens is 314 g/mol. The number of benzene rings is 1. The first-order valence-electron chi connectivity index (χ1n) is 7.29. The average molecular weight is 336 g/mol. The van der Waals surface area contributed by atoms with Gasteiger partial charge in [0.1, 0.15) is 0 Å². The van der Waals surface area contributed by atoms with E-state index in [-0.39, 0.29) is 0 Å². The van der Waals surface area contributed by atoms with E-state index in [1.54, 1.807) is 0 Å². The molecule has 0 amide bonds. The SMILES string of the molecule is CC(C)N(CC1CCCNC1)c1ccc(C#N)cc1Br. The number of nitriles is 1. The normalized spacial score (nSPS) is 18.9. The van der Waals surface area contributed by atoms with E-state index in [1.807, 2.05) is 12.1 Å². The van der Waals surface area contributed by atoms with Gasteiger partial charge in [0.2, 0.25) is 0 Å². The first-order chi connectivity index (χ1) is 9.61. The van der Waals surface area contributed by atoms with E-state index in [0.29, 0.717) is 17.5 Å². The molecule has 1 fully saturated rings.